The molecule has 1 saturated heterocycles. The van der Waals surface area contributed by atoms with Crippen LogP contribution in [0, 0.1) is 0 Å². The lowest BCUT2D eigenvalue weighted by Gasteiger charge is -2.20. The zero-order valence-corrected chi connectivity index (χ0v) is 9.29. The van der Waals surface area contributed by atoms with Crippen molar-refractivity contribution >= 4 is 11.8 Å². The van der Waals surface area contributed by atoms with Crippen molar-refractivity contribution < 1.29 is 5.11 Å². The Morgan fingerprint density at radius 2 is 2.57 bits per heavy atom. The second kappa shape index (κ2) is 3.55. The third-order valence-corrected chi connectivity index (χ3v) is 4.04. The van der Waals surface area contributed by atoms with Crippen LogP contribution in [-0.2, 0) is 13.5 Å². The maximum atomic E-state index is 10.3. The lowest BCUT2D eigenvalue weighted by molar-refractivity contribution is 0.0612. The molecule has 1 aromatic rings. The fourth-order valence-electron chi connectivity index (χ4n) is 1.85. The molecule has 5 heteroatoms. The van der Waals surface area contributed by atoms with E-state index in [2.05, 4.69) is 17.0 Å². The molecule has 0 radical (unpaired) electrons. The number of aryl methyl sites for hydroxylation is 1. The summed E-state index contributed by atoms with van der Waals surface area (Å²) in [5, 5.41) is 14.8. The Labute approximate surface area is 87.7 Å². The van der Waals surface area contributed by atoms with Crippen LogP contribution in [0.5, 0.6) is 0 Å². The van der Waals surface area contributed by atoms with Crippen molar-refractivity contribution in [3.05, 3.63) is 12.2 Å². The summed E-state index contributed by atoms with van der Waals surface area (Å²) in [6.07, 6.45) is 3.00. The highest BCUT2D eigenvalue weighted by Crippen LogP contribution is 2.35. The van der Waals surface area contributed by atoms with Crippen LogP contribution in [-0.4, -0.2) is 36.5 Å². The maximum absolute atomic E-state index is 10.3. The minimum Gasteiger partial charge on any atom is -0.389 e. The van der Waals surface area contributed by atoms with E-state index in [9.17, 15) is 5.11 Å². The zero-order valence-electron chi connectivity index (χ0n) is 8.47. The molecular weight excluding hydrogens is 198 g/mol. The van der Waals surface area contributed by atoms with Crippen molar-refractivity contribution in [1.82, 2.24) is 14.8 Å². The molecule has 4 nitrogen and oxygen atoms in total. The van der Waals surface area contributed by atoms with E-state index >= 15 is 0 Å². The van der Waals surface area contributed by atoms with E-state index in [4.69, 9.17) is 0 Å². The monoisotopic (exact) mass is 213 g/mol. The molecule has 0 saturated carbocycles. The van der Waals surface area contributed by atoms with Crippen LogP contribution in [0.15, 0.2) is 6.33 Å². The average Bonchev–Trinajstić information content (AvgIpc) is 2.62. The first kappa shape index (κ1) is 9.98. The summed E-state index contributed by atoms with van der Waals surface area (Å²) >= 11 is 1.82. The zero-order chi connectivity index (χ0) is 10.2. The van der Waals surface area contributed by atoms with Gasteiger partial charge in [-0.25, -0.2) is 4.98 Å². The molecule has 1 aliphatic rings. The van der Waals surface area contributed by atoms with E-state index in [-0.39, 0.29) is 0 Å². The van der Waals surface area contributed by atoms with Gasteiger partial charge in [0.15, 0.2) is 0 Å². The van der Waals surface area contributed by atoms with Gasteiger partial charge in [-0.05, 0) is 6.42 Å². The van der Waals surface area contributed by atoms with Gasteiger partial charge in [0.05, 0.1) is 5.60 Å². The molecule has 1 fully saturated rings. The molecule has 0 aliphatic carbocycles. The molecule has 1 aliphatic heterocycles. The molecule has 14 heavy (non-hydrogen) atoms. The van der Waals surface area contributed by atoms with Crippen molar-refractivity contribution in [2.75, 3.05) is 5.75 Å². The standard InChI is InChI=1S/C9H15N3OS/c1-7-3-9(13,5-14-7)4-8-10-6-11-12(8)2/h6-7,13H,3-5H2,1-2H3. The average molecular weight is 213 g/mol. The minimum atomic E-state index is -0.578. The van der Waals surface area contributed by atoms with Gasteiger partial charge < -0.3 is 5.11 Å². The van der Waals surface area contributed by atoms with Crippen LogP contribution in [0.2, 0.25) is 0 Å². The van der Waals surface area contributed by atoms with Gasteiger partial charge in [-0.3, -0.25) is 4.68 Å². The first-order valence-corrected chi connectivity index (χ1v) is 5.81. The SMILES string of the molecule is CC1CC(O)(Cc2ncnn2C)CS1. The van der Waals surface area contributed by atoms with Gasteiger partial charge in [0.1, 0.15) is 12.2 Å². The number of rotatable bonds is 2. The van der Waals surface area contributed by atoms with Crippen LogP contribution < -0.4 is 0 Å². The first-order valence-electron chi connectivity index (χ1n) is 4.76. The van der Waals surface area contributed by atoms with Crippen LogP contribution in [0.25, 0.3) is 0 Å². The van der Waals surface area contributed by atoms with Crippen LogP contribution in [0.1, 0.15) is 19.2 Å². The second-order valence-electron chi connectivity index (χ2n) is 4.03. The Balaban J connectivity index is 2.07. The van der Waals surface area contributed by atoms with Gasteiger partial charge in [0.2, 0.25) is 0 Å². The summed E-state index contributed by atoms with van der Waals surface area (Å²) < 4.78 is 1.73. The highest BCUT2D eigenvalue weighted by molar-refractivity contribution is 8.00. The van der Waals surface area contributed by atoms with E-state index in [1.807, 2.05) is 18.8 Å². The predicted octanol–water partition coefficient (Wildman–Crippen LogP) is 0.614. The van der Waals surface area contributed by atoms with Crippen molar-refractivity contribution in [2.24, 2.45) is 7.05 Å². The number of aromatic nitrogens is 3. The lowest BCUT2D eigenvalue weighted by Crippen LogP contribution is -2.32. The fourth-order valence-corrected chi connectivity index (χ4v) is 3.09. The second-order valence-corrected chi connectivity index (χ2v) is 5.45. The van der Waals surface area contributed by atoms with Crippen molar-refractivity contribution in [1.29, 1.82) is 0 Å². The molecule has 1 N–H and O–H groups in total. The predicted molar refractivity (Wildman–Crippen MR) is 56.2 cm³/mol. The molecule has 1 aromatic heterocycles. The third kappa shape index (κ3) is 1.93. The van der Waals surface area contributed by atoms with Crippen molar-refractivity contribution in [3.63, 3.8) is 0 Å². The number of nitrogens with zero attached hydrogens (tertiary/aromatic N) is 3. The Hall–Kier alpha value is -0.550. The Morgan fingerprint density at radius 3 is 3.07 bits per heavy atom. The highest BCUT2D eigenvalue weighted by atomic mass is 32.2. The molecule has 2 rings (SSSR count). The van der Waals surface area contributed by atoms with Crippen LogP contribution in [0.4, 0.5) is 0 Å². The summed E-state index contributed by atoms with van der Waals surface area (Å²) in [6.45, 7) is 2.15. The Kier molecular flexibility index (Phi) is 2.53. The minimum absolute atomic E-state index is 0.549. The quantitative estimate of drug-likeness (QED) is 0.782. The van der Waals surface area contributed by atoms with E-state index < -0.39 is 5.60 Å². The maximum Gasteiger partial charge on any atom is 0.138 e. The lowest BCUT2D eigenvalue weighted by atomic mass is 9.96. The first-order chi connectivity index (χ1) is 6.59. The van der Waals surface area contributed by atoms with Gasteiger partial charge in [-0.2, -0.15) is 16.9 Å². The van der Waals surface area contributed by atoms with Crippen molar-refractivity contribution in [3.8, 4) is 0 Å². The fraction of sp³-hybridized carbons (Fsp3) is 0.778. The summed E-state index contributed by atoms with van der Waals surface area (Å²) in [5.74, 6) is 1.67. The number of thioether (sulfide) groups is 1. The van der Waals surface area contributed by atoms with Gasteiger partial charge in [-0.15, -0.1) is 0 Å². The third-order valence-electron chi connectivity index (χ3n) is 2.60. The summed E-state index contributed by atoms with van der Waals surface area (Å²) in [6, 6.07) is 0. The Morgan fingerprint density at radius 1 is 1.79 bits per heavy atom. The van der Waals surface area contributed by atoms with Gasteiger partial charge >= 0.3 is 0 Å². The van der Waals surface area contributed by atoms with E-state index in [0.29, 0.717) is 11.7 Å². The molecule has 0 aromatic carbocycles. The highest BCUT2D eigenvalue weighted by Gasteiger charge is 2.37. The molecule has 78 valence electrons. The van der Waals surface area contributed by atoms with E-state index in [1.54, 1.807) is 4.68 Å². The molecule has 2 atom stereocenters. The van der Waals surface area contributed by atoms with Crippen molar-refractivity contribution in [2.45, 2.75) is 30.6 Å². The van der Waals surface area contributed by atoms with Gasteiger partial charge in [0.25, 0.3) is 0 Å². The normalized spacial score (nSPS) is 32.4. The topological polar surface area (TPSA) is 50.9 Å². The molecule has 0 bridgehead atoms. The molecule has 2 unspecified atom stereocenters. The van der Waals surface area contributed by atoms with Gasteiger partial charge in [0, 0.05) is 24.5 Å². The summed E-state index contributed by atoms with van der Waals surface area (Å²) in [7, 11) is 1.86. The van der Waals surface area contributed by atoms with Crippen LogP contribution >= 0.6 is 11.8 Å². The molecular formula is C9H15N3OS. The Bertz CT molecular complexity index is 328. The van der Waals surface area contributed by atoms with E-state index in [0.717, 1.165) is 18.0 Å². The number of hydrogen-bond donors (Lipinski definition) is 1. The number of hydrogen-bond acceptors (Lipinski definition) is 4. The smallest absolute Gasteiger partial charge is 0.138 e. The summed E-state index contributed by atoms with van der Waals surface area (Å²) in [4.78, 5) is 4.13. The van der Waals surface area contributed by atoms with Gasteiger partial charge in [-0.1, -0.05) is 6.92 Å². The van der Waals surface area contributed by atoms with E-state index in [1.165, 1.54) is 6.33 Å². The largest absolute Gasteiger partial charge is 0.389 e. The number of aliphatic hydroxyl groups is 1. The molecule has 0 spiro atoms. The summed E-state index contributed by atoms with van der Waals surface area (Å²) in [5.41, 5.74) is -0.578. The molecule has 2 heterocycles. The van der Waals surface area contributed by atoms with Crippen LogP contribution in [0.3, 0.4) is 0 Å². The molecule has 0 amide bonds.